The van der Waals surface area contributed by atoms with Crippen molar-refractivity contribution in [2.24, 2.45) is 0 Å². The minimum Gasteiger partial charge on any atom is -0.349 e. The first kappa shape index (κ1) is 15.1. The first-order chi connectivity index (χ1) is 9.26. The average Bonchev–Trinajstić information content (AvgIpc) is 2.67. The van der Waals surface area contributed by atoms with E-state index in [0.29, 0.717) is 0 Å². The third kappa shape index (κ3) is 3.62. The number of phosphoric acid groups is 1. The van der Waals surface area contributed by atoms with Crippen molar-refractivity contribution in [1.82, 2.24) is 9.55 Å². The van der Waals surface area contributed by atoms with Crippen molar-refractivity contribution in [2.45, 2.75) is 24.9 Å². The molecule has 3 atom stereocenters. The van der Waals surface area contributed by atoms with Crippen LogP contribution in [0.1, 0.15) is 12.6 Å². The third-order valence-electron chi connectivity index (χ3n) is 2.68. The molecule has 0 amide bonds. The Bertz CT molecular complexity index is 638. The van der Waals surface area contributed by atoms with E-state index in [4.69, 9.17) is 14.5 Å². The van der Waals surface area contributed by atoms with Gasteiger partial charge in [0, 0.05) is 18.7 Å². The Morgan fingerprint density at radius 1 is 1.55 bits per heavy atom. The van der Waals surface area contributed by atoms with Crippen LogP contribution in [0.5, 0.6) is 0 Å². The van der Waals surface area contributed by atoms with Crippen LogP contribution in [0.3, 0.4) is 0 Å². The Labute approximate surface area is 111 Å². The first-order valence-corrected chi connectivity index (χ1v) is 7.10. The molecule has 0 radical (unpaired) electrons. The highest BCUT2D eigenvalue weighted by Crippen LogP contribution is 2.38. The molecule has 1 aliphatic rings. The number of alkyl halides is 1. The second-order valence-corrected chi connectivity index (χ2v) is 5.44. The van der Waals surface area contributed by atoms with Gasteiger partial charge in [0.1, 0.15) is 6.17 Å². The number of nitrogens with one attached hydrogen (secondary N) is 1. The van der Waals surface area contributed by atoms with Crippen LogP contribution in [0, 0.1) is 0 Å². The van der Waals surface area contributed by atoms with Crippen molar-refractivity contribution in [3.05, 3.63) is 33.1 Å². The highest BCUT2D eigenvalue weighted by atomic mass is 31.2. The number of rotatable bonds is 4. The van der Waals surface area contributed by atoms with Crippen molar-refractivity contribution < 1.29 is 28.0 Å². The summed E-state index contributed by atoms with van der Waals surface area (Å²) >= 11 is 0. The fraction of sp³-hybridized carbons (Fsp3) is 0.556. The molecule has 9 nitrogen and oxygen atoms in total. The Morgan fingerprint density at radius 2 is 2.25 bits per heavy atom. The number of hydrogen-bond donors (Lipinski definition) is 3. The summed E-state index contributed by atoms with van der Waals surface area (Å²) in [6, 6.07) is 1.04. The lowest BCUT2D eigenvalue weighted by Gasteiger charge is -2.16. The number of phosphoric ester groups is 1. The van der Waals surface area contributed by atoms with Gasteiger partial charge in [-0.25, -0.2) is 13.8 Å². The minimum absolute atomic E-state index is 0.184. The number of ether oxygens (including phenoxy) is 1. The molecule has 0 aromatic carbocycles. The number of aromatic amines is 1. The van der Waals surface area contributed by atoms with Gasteiger partial charge in [-0.15, -0.1) is 0 Å². The fourth-order valence-corrected chi connectivity index (χ4v) is 2.22. The molecule has 112 valence electrons. The number of halogens is 1. The second-order valence-electron chi connectivity index (χ2n) is 4.20. The van der Waals surface area contributed by atoms with Crippen LogP contribution < -0.4 is 11.2 Å². The SMILES string of the molecule is O=c1ccn([C@@H]2O[C@H](COP(=O)(O)O)C[C@H]2F)c(=O)[nH]1. The summed E-state index contributed by atoms with van der Waals surface area (Å²) in [6.07, 6.45) is -2.84. The normalized spacial score (nSPS) is 26.9. The largest absolute Gasteiger partial charge is 0.469 e. The van der Waals surface area contributed by atoms with E-state index in [0.717, 1.165) is 16.8 Å². The van der Waals surface area contributed by atoms with Gasteiger partial charge in [0.25, 0.3) is 5.56 Å². The van der Waals surface area contributed by atoms with E-state index in [9.17, 15) is 18.5 Å². The van der Waals surface area contributed by atoms with Crippen LogP contribution >= 0.6 is 7.82 Å². The summed E-state index contributed by atoms with van der Waals surface area (Å²) in [7, 11) is -4.66. The Morgan fingerprint density at radius 3 is 2.85 bits per heavy atom. The van der Waals surface area contributed by atoms with Gasteiger partial charge in [-0.2, -0.15) is 0 Å². The molecular weight excluding hydrogens is 298 g/mol. The third-order valence-corrected chi connectivity index (χ3v) is 3.17. The molecule has 1 aromatic heterocycles. The van der Waals surface area contributed by atoms with Gasteiger partial charge < -0.3 is 14.5 Å². The van der Waals surface area contributed by atoms with Crippen molar-refractivity contribution >= 4 is 7.82 Å². The highest BCUT2D eigenvalue weighted by molar-refractivity contribution is 7.46. The lowest BCUT2D eigenvalue weighted by atomic mass is 10.2. The van der Waals surface area contributed by atoms with Gasteiger partial charge >= 0.3 is 13.5 Å². The minimum atomic E-state index is -4.66. The van der Waals surface area contributed by atoms with E-state index < -0.39 is 44.2 Å². The zero-order chi connectivity index (χ0) is 14.9. The predicted octanol–water partition coefficient (Wildman–Crippen LogP) is -0.729. The Kier molecular flexibility index (Phi) is 4.21. The van der Waals surface area contributed by atoms with Crippen LogP contribution in [0.2, 0.25) is 0 Å². The lowest BCUT2D eigenvalue weighted by molar-refractivity contribution is -0.0389. The van der Waals surface area contributed by atoms with Crippen molar-refractivity contribution in [2.75, 3.05) is 6.61 Å². The van der Waals surface area contributed by atoms with E-state index in [1.54, 1.807) is 0 Å². The first-order valence-electron chi connectivity index (χ1n) is 5.57. The standard InChI is InChI=1S/C9H12FN2O7P/c10-6-3-5(4-18-20(15,16)17)19-8(6)12-2-1-7(13)11-9(12)14/h1-2,5-6,8H,3-4H2,(H,11,13,14)(H2,15,16,17)/t5-,6+,8+/m0/s1. The van der Waals surface area contributed by atoms with Gasteiger partial charge in [0.15, 0.2) is 6.23 Å². The monoisotopic (exact) mass is 310 g/mol. The van der Waals surface area contributed by atoms with Crippen LogP contribution in [-0.2, 0) is 13.8 Å². The molecule has 2 rings (SSSR count). The topological polar surface area (TPSA) is 131 Å². The predicted molar refractivity (Wildman–Crippen MR) is 62.7 cm³/mol. The van der Waals surface area contributed by atoms with Crippen molar-refractivity contribution in [3.8, 4) is 0 Å². The van der Waals surface area contributed by atoms with Crippen LogP contribution in [0.15, 0.2) is 21.9 Å². The van der Waals surface area contributed by atoms with E-state index in [2.05, 4.69) is 4.52 Å². The Balaban J connectivity index is 2.09. The molecule has 1 fully saturated rings. The summed E-state index contributed by atoms with van der Waals surface area (Å²) in [5, 5.41) is 0. The molecule has 20 heavy (non-hydrogen) atoms. The van der Waals surface area contributed by atoms with Gasteiger partial charge in [-0.1, -0.05) is 0 Å². The van der Waals surface area contributed by atoms with E-state index in [1.807, 2.05) is 4.98 Å². The maximum absolute atomic E-state index is 13.8. The lowest BCUT2D eigenvalue weighted by Crippen LogP contribution is -2.34. The number of hydrogen-bond acceptors (Lipinski definition) is 5. The van der Waals surface area contributed by atoms with Crippen molar-refractivity contribution in [1.29, 1.82) is 0 Å². The van der Waals surface area contributed by atoms with Crippen molar-refractivity contribution in [3.63, 3.8) is 0 Å². The van der Waals surface area contributed by atoms with E-state index in [-0.39, 0.29) is 6.42 Å². The van der Waals surface area contributed by atoms with E-state index in [1.165, 1.54) is 0 Å². The molecule has 2 heterocycles. The molecule has 1 saturated heterocycles. The summed E-state index contributed by atoms with van der Waals surface area (Å²) in [5.74, 6) is 0. The zero-order valence-corrected chi connectivity index (χ0v) is 10.9. The maximum atomic E-state index is 13.8. The quantitative estimate of drug-likeness (QED) is 0.625. The molecule has 0 spiro atoms. The van der Waals surface area contributed by atoms with Crippen LogP contribution in [-0.4, -0.2) is 38.2 Å². The molecule has 0 saturated carbocycles. The second kappa shape index (κ2) is 5.58. The number of aromatic nitrogens is 2. The zero-order valence-electron chi connectivity index (χ0n) is 10.0. The maximum Gasteiger partial charge on any atom is 0.469 e. The van der Waals surface area contributed by atoms with Crippen LogP contribution in [0.4, 0.5) is 4.39 Å². The number of H-pyrrole nitrogens is 1. The molecule has 1 aliphatic heterocycles. The molecule has 3 N–H and O–H groups in total. The molecule has 0 unspecified atom stereocenters. The number of nitrogens with zero attached hydrogens (tertiary/aromatic N) is 1. The van der Waals surface area contributed by atoms with Gasteiger partial charge in [-0.05, 0) is 0 Å². The summed E-state index contributed by atoms with van der Waals surface area (Å²) in [6.45, 7) is -0.501. The van der Waals surface area contributed by atoms with Gasteiger partial charge in [-0.3, -0.25) is 18.9 Å². The molecule has 1 aromatic rings. The Hall–Kier alpha value is -1.32. The molecule has 11 heteroatoms. The molecule has 0 aliphatic carbocycles. The molecular formula is C9H12FN2O7P. The smallest absolute Gasteiger partial charge is 0.349 e. The highest BCUT2D eigenvalue weighted by Gasteiger charge is 2.38. The summed E-state index contributed by atoms with van der Waals surface area (Å²) in [5.41, 5.74) is -1.46. The average molecular weight is 310 g/mol. The molecule has 0 bridgehead atoms. The van der Waals surface area contributed by atoms with Gasteiger partial charge in [0.05, 0.1) is 12.7 Å². The summed E-state index contributed by atoms with van der Waals surface area (Å²) < 4.78 is 34.6. The summed E-state index contributed by atoms with van der Waals surface area (Å²) in [4.78, 5) is 41.5. The van der Waals surface area contributed by atoms with Crippen LogP contribution in [0.25, 0.3) is 0 Å². The van der Waals surface area contributed by atoms with E-state index >= 15 is 0 Å². The fourth-order valence-electron chi connectivity index (χ4n) is 1.86. The van der Waals surface area contributed by atoms with Gasteiger partial charge in [0.2, 0.25) is 0 Å².